The number of benzene rings is 3. The van der Waals surface area contributed by atoms with Crippen molar-refractivity contribution in [2.45, 2.75) is 12.2 Å². The van der Waals surface area contributed by atoms with Crippen LogP contribution in [-0.2, 0) is 21.3 Å². The predicted octanol–water partition coefficient (Wildman–Crippen LogP) is 4.12. The Labute approximate surface area is 144 Å². The van der Waals surface area contributed by atoms with Gasteiger partial charge in [-0.2, -0.15) is 0 Å². The molecule has 1 atom stereocenters. The summed E-state index contributed by atoms with van der Waals surface area (Å²) in [6, 6.07) is 23.4. The van der Waals surface area contributed by atoms with Gasteiger partial charge in [0.25, 0.3) is 0 Å². The molecule has 1 N–H and O–H groups in total. The van der Waals surface area contributed by atoms with E-state index in [4.69, 9.17) is 0 Å². The third-order valence-electron chi connectivity index (χ3n) is 3.81. The van der Waals surface area contributed by atoms with Gasteiger partial charge in [-0.05, 0) is 28.5 Å². The zero-order valence-electron chi connectivity index (χ0n) is 13.3. The Morgan fingerprint density at radius 3 is 2.42 bits per heavy atom. The summed E-state index contributed by atoms with van der Waals surface area (Å²) in [5, 5.41) is 5.09. The Balaban J connectivity index is 1.56. The van der Waals surface area contributed by atoms with Crippen molar-refractivity contribution >= 4 is 33.2 Å². The largest absolute Gasteiger partial charge is 0.326 e. The van der Waals surface area contributed by atoms with Crippen molar-refractivity contribution in [1.29, 1.82) is 0 Å². The molecule has 0 aliphatic heterocycles. The molecule has 4 heteroatoms. The SMILES string of the molecule is O=C(CCS(=O)Cc1cccc2ccccc12)Nc1ccccc1. The van der Waals surface area contributed by atoms with Gasteiger partial charge in [0, 0.05) is 34.4 Å². The summed E-state index contributed by atoms with van der Waals surface area (Å²) in [6.45, 7) is 0. The van der Waals surface area contributed by atoms with E-state index in [1.165, 1.54) is 0 Å². The van der Waals surface area contributed by atoms with Gasteiger partial charge in [-0.25, -0.2) is 0 Å². The van der Waals surface area contributed by atoms with Gasteiger partial charge in [0.05, 0.1) is 0 Å². The third-order valence-corrected chi connectivity index (χ3v) is 5.10. The standard InChI is InChI=1S/C20H19NO2S/c22-20(21-18-10-2-1-3-11-18)13-14-24(23)15-17-9-6-8-16-7-4-5-12-19(16)17/h1-12H,13-15H2,(H,21,22). The molecule has 24 heavy (non-hydrogen) atoms. The molecule has 3 rings (SSSR count). The van der Waals surface area contributed by atoms with Gasteiger partial charge >= 0.3 is 0 Å². The Morgan fingerprint density at radius 1 is 0.875 bits per heavy atom. The molecule has 0 aliphatic carbocycles. The van der Waals surface area contributed by atoms with Crippen LogP contribution in [0.2, 0.25) is 0 Å². The Bertz CT molecular complexity index is 856. The van der Waals surface area contributed by atoms with E-state index in [0.29, 0.717) is 11.5 Å². The summed E-state index contributed by atoms with van der Waals surface area (Å²) in [5.74, 6) is 0.731. The molecule has 0 saturated carbocycles. The van der Waals surface area contributed by atoms with Crippen molar-refractivity contribution in [2.24, 2.45) is 0 Å². The first-order valence-electron chi connectivity index (χ1n) is 7.89. The number of para-hydroxylation sites is 1. The molecule has 0 heterocycles. The van der Waals surface area contributed by atoms with Gasteiger partial charge < -0.3 is 5.32 Å². The van der Waals surface area contributed by atoms with Crippen molar-refractivity contribution in [3.63, 3.8) is 0 Å². The van der Waals surface area contributed by atoms with Crippen LogP contribution in [0.3, 0.4) is 0 Å². The van der Waals surface area contributed by atoms with Crippen LogP contribution in [0.25, 0.3) is 10.8 Å². The lowest BCUT2D eigenvalue weighted by Crippen LogP contribution is -2.15. The number of hydrogen-bond acceptors (Lipinski definition) is 2. The summed E-state index contributed by atoms with van der Waals surface area (Å²) in [6.07, 6.45) is 0.256. The molecule has 3 aromatic rings. The Morgan fingerprint density at radius 2 is 1.58 bits per heavy atom. The average Bonchev–Trinajstić information content (AvgIpc) is 2.61. The number of hydrogen-bond donors (Lipinski definition) is 1. The van der Waals surface area contributed by atoms with Gasteiger partial charge in [-0.15, -0.1) is 0 Å². The lowest BCUT2D eigenvalue weighted by molar-refractivity contribution is -0.115. The maximum atomic E-state index is 12.3. The molecule has 0 aromatic heterocycles. The maximum Gasteiger partial charge on any atom is 0.225 e. The highest BCUT2D eigenvalue weighted by Crippen LogP contribution is 2.20. The zero-order chi connectivity index (χ0) is 16.8. The average molecular weight is 337 g/mol. The van der Waals surface area contributed by atoms with Crippen molar-refractivity contribution < 1.29 is 9.00 Å². The van der Waals surface area contributed by atoms with Crippen LogP contribution < -0.4 is 5.32 Å². The number of nitrogens with one attached hydrogen (secondary N) is 1. The minimum absolute atomic E-state index is 0.104. The zero-order valence-corrected chi connectivity index (χ0v) is 14.1. The van der Waals surface area contributed by atoms with Crippen LogP contribution in [0, 0.1) is 0 Å². The van der Waals surface area contributed by atoms with E-state index < -0.39 is 10.8 Å². The van der Waals surface area contributed by atoms with E-state index >= 15 is 0 Å². The number of anilines is 1. The van der Waals surface area contributed by atoms with Crippen molar-refractivity contribution in [2.75, 3.05) is 11.1 Å². The second-order valence-electron chi connectivity index (χ2n) is 5.59. The quantitative estimate of drug-likeness (QED) is 0.735. The van der Waals surface area contributed by atoms with E-state index in [9.17, 15) is 9.00 Å². The van der Waals surface area contributed by atoms with Crippen LogP contribution in [-0.4, -0.2) is 15.9 Å². The molecule has 0 aliphatic rings. The van der Waals surface area contributed by atoms with Gasteiger partial charge in [0.1, 0.15) is 0 Å². The van der Waals surface area contributed by atoms with E-state index in [2.05, 4.69) is 17.4 Å². The van der Waals surface area contributed by atoms with E-state index in [1.807, 2.05) is 60.7 Å². The van der Waals surface area contributed by atoms with Crippen LogP contribution >= 0.6 is 0 Å². The number of amides is 1. The third kappa shape index (κ3) is 4.30. The number of rotatable bonds is 6. The molecular weight excluding hydrogens is 318 g/mol. The highest BCUT2D eigenvalue weighted by Gasteiger charge is 2.09. The van der Waals surface area contributed by atoms with Crippen molar-refractivity contribution in [3.8, 4) is 0 Å². The molecule has 1 unspecified atom stereocenters. The molecule has 122 valence electrons. The molecule has 3 aromatic carbocycles. The maximum absolute atomic E-state index is 12.3. The number of fused-ring (bicyclic) bond motifs is 1. The minimum atomic E-state index is -1.07. The number of carbonyl (C=O) groups is 1. The van der Waals surface area contributed by atoms with Crippen molar-refractivity contribution in [3.05, 3.63) is 78.4 Å². The molecular formula is C20H19NO2S. The van der Waals surface area contributed by atoms with Crippen LogP contribution in [0.5, 0.6) is 0 Å². The summed E-state index contributed by atoms with van der Waals surface area (Å²) in [5.41, 5.74) is 1.83. The van der Waals surface area contributed by atoms with Crippen LogP contribution in [0.15, 0.2) is 72.8 Å². The molecule has 0 radical (unpaired) electrons. The van der Waals surface area contributed by atoms with Gasteiger partial charge in [0.2, 0.25) is 5.91 Å². The molecule has 0 fully saturated rings. The second kappa shape index (κ2) is 7.88. The summed E-state index contributed by atoms with van der Waals surface area (Å²) in [4.78, 5) is 11.9. The fourth-order valence-corrected chi connectivity index (χ4v) is 3.77. The fraction of sp³-hybridized carbons (Fsp3) is 0.150. The molecule has 0 spiro atoms. The van der Waals surface area contributed by atoms with Gasteiger partial charge in [0.15, 0.2) is 0 Å². The fourth-order valence-electron chi connectivity index (χ4n) is 2.62. The lowest BCUT2D eigenvalue weighted by Gasteiger charge is -2.07. The minimum Gasteiger partial charge on any atom is -0.326 e. The lowest BCUT2D eigenvalue weighted by atomic mass is 10.1. The van der Waals surface area contributed by atoms with Gasteiger partial charge in [-0.1, -0.05) is 60.7 Å². The first-order chi connectivity index (χ1) is 11.7. The van der Waals surface area contributed by atoms with Gasteiger partial charge in [-0.3, -0.25) is 9.00 Å². The molecule has 1 amide bonds. The molecule has 3 nitrogen and oxygen atoms in total. The highest BCUT2D eigenvalue weighted by molar-refractivity contribution is 7.84. The Kier molecular flexibility index (Phi) is 5.39. The summed E-state index contributed by atoms with van der Waals surface area (Å²) >= 11 is 0. The monoisotopic (exact) mass is 337 g/mol. The summed E-state index contributed by atoms with van der Waals surface area (Å²) in [7, 11) is -1.07. The molecule has 0 saturated heterocycles. The highest BCUT2D eigenvalue weighted by atomic mass is 32.2. The number of carbonyl (C=O) groups excluding carboxylic acids is 1. The smallest absolute Gasteiger partial charge is 0.225 e. The van der Waals surface area contributed by atoms with E-state index in [-0.39, 0.29) is 12.3 Å². The normalized spacial score (nSPS) is 12.0. The van der Waals surface area contributed by atoms with E-state index in [0.717, 1.165) is 22.0 Å². The van der Waals surface area contributed by atoms with E-state index in [1.54, 1.807) is 0 Å². The first-order valence-corrected chi connectivity index (χ1v) is 9.38. The topological polar surface area (TPSA) is 46.2 Å². The Hall–Kier alpha value is -2.46. The van der Waals surface area contributed by atoms with Crippen LogP contribution in [0.4, 0.5) is 5.69 Å². The second-order valence-corrected chi connectivity index (χ2v) is 7.17. The summed E-state index contributed by atoms with van der Waals surface area (Å²) < 4.78 is 12.3. The molecule has 0 bridgehead atoms. The predicted molar refractivity (Wildman–Crippen MR) is 100 cm³/mol. The van der Waals surface area contributed by atoms with Crippen molar-refractivity contribution in [1.82, 2.24) is 0 Å². The van der Waals surface area contributed by atoms with Crippen LogP contribution in [0.1, 0.15) is 12.0 Å². The first kappa shape index (κ1) is 16.4.